The van der Waals surface area contributed by atoms with E-state index in [1.54, 1.807) is 27.7 Å². The summed E-state index contributed by atoms with van der Waals surface area (Å²) in [4.78, 5) is 52.2. The average Bonchev–Trinajstić information content (AvgIpc) is 3.81. The van der Waals surface area contributed by atoms with E-state index in [-0.39, 0.29) is 53.6 Å². The molecular weight excluding hydrogens is 1010 g/mol. The van der Waals surface area contributed by atoms with Gasteiger partial charge in [0.25, 0.3) is 0 Å². The van der Waals surface area contributed by atoms with Crippen LogP contribution in [-0.4, -0.2) is 71.2 Å². The first kappa shape index (κ1) is 64.9. The van der Waals surface area contributed by atoms with E-state index in [2.05, 4.69) is 110 Å². The van der Waals surface area contributed by atoms with Gasteiger partial charge in [-0.15, -0.1) is 0 Å². The molecule has 0 saturated heterocycles. The van der Waals surface area contributed by atoms with E-state index in [1.807, 2.05) is 34.6 Å². The lowest BCUT2D eigenvalue weighted by atomic mass is 9.48. The van der Waals surface area contributed by atoms with Gasteiger partial charge in [0.15, 0.2) is 14.7 Å². The van der Waals surface area contributed by atoms with Crippen LogP contribution in [0.15, 0.2) is 106 Å². The molecule has 16 heteroatoms. The lowest BCUT2D eigenvalue weighted by Gasteiger charge is -2.60. The van der Waals surface area contributed by atoms with E-state index in [4.69, 9.17) is 14.6 Å². The van der Waals surface area contributed by atoms with Crippen LogP contribution >= 0.6 is 0 Å². The molecule has 11 nitrogen and oxygen atoms in total. The van der Waals surface area contributed by atoms with Crippen molar-refractivity contribution in [1.29, 1.82) is 0 Å². The normalized spacial score (nSPS) is 22.1. The van der Waals surface area contributed by atoms with Crippen molar-refractivity contribution in [2.75, 3.05) is 5.75 Å². The summed E-state index contributed by atoms with van der Waals surface area (Å²) >= 11 is 0. The molecule has 420 valence electrons. The maximum absolute atomic E-state index is 13.3. The summed E-state index contributed by atoms with van der Waals surface area (Å²) in [5.41, 5.74) is -4.02. The van der Waals surface area contributed by atoms with Crippen molar-refractivity contribution in [3.8, 4) is 0 Å². The van der Waals surface area contributed by atoms with Crippen molar-refractivity contribution < 1.29 is 64.6 Å². The zero-order valence-electron chi connectivity index (χ0n) is 45.3. The summed E-state index contributed by atoms with van der Waals surface area (Å²) in [7, 11) is -5.29. The summed E-state index contributed by atoms with van der Waals surface area (Å²) in [6.45, 7) is 21.0. The highest BCUT2D eigenvalue weighted by molar-refractivity contribution is 7.97. The number of carbonyl (C=O) groups is 4. The van der Waals surface area contributed by atoms with Gasteiger partial charge in [-0.1, -0.05) is 96.6 Å². The SMILES string of the molecule is C.CCC(C)(C)C(=O)O.CCC(C)(C)C(=O)OC1(C(C)C)CCCC1.CCC(C)(C)C(=O)OC12CC3CC(C1)CC(C(=O)OC(CS(=O)(=O)[O-])C(F)(F)F)(C3)C2.c1ccc([S+](c2ccccc2)c2ccccc2)cc1. The van der Waals surface area contributed by atoms with E-state index in [1.165, 1.54) is 27.5 Å². The molecule has 4 bridgehead atoms. The lowest BCUT2D eigenvalue weighted by Crippen LogP contribution is -2.61. The largest absolute Gasteiger partial charge is 0.748 e. The third kappa shape index (κ3) is 17.6. The number of rotatable bonds is 16. The van der Waals surface area contributed by atoms with Gasteiger partial charge in [-0.05, 0) is 173 Å². The highest BCUT2D eigenvalue weighted by atomic mass is 32.2. The van der Waals surface area contributed by atoms with Gasteiger partial charge in [0.2, 0.25) is 6.10 Å². The van der Waals surface area contributed by atoms with E-state index in [9.17, 15) is 45.3 Å². The van der Waals surface area contributed by atoms with Crippen LogP contribution < -0.4 is 0 Å². The summed E-state index contributed by atoms with van der Waals surface area (Å²) < 4.78 is 88.9. The smallest absolute Gasteiger partial charge is 0.426 e. The van der Waals surface area contributed by atoms with Crippen LogP contribution in [0.5, 0.6) is 0 Å². The van der Waals surface area contributed by atoms with E-state index < -0.39 is 67.9 Å². The Kier molecular flexibility index (Phi) is 22.7. The van der Waals surface area contributed by atoms with Gasteiger partial charge in [-0.3, -0.25) is 19.2 Å². The summed E-state index contributed by atoms with van der Waals surface area (Å²) in [5.74, 6) is -3.76. The predicted molar refractivity (Wildman–Crippen MR) is 287 cm³/mol. The topological polar surface area (TPSA) is 173 Å². The third-order valence-electron chi connectivity index (χ3n) is 15.8. The number of ether oxygens (including phenoxy) is 3. The predicted octanol–water partition coefficient (Wildman–Crippen LogP) is 14.2. The second-order valence-electron chi connectivity index (χ2n) is 23.1. The van der Waals surface area contributed by atoms with Crippen molar-refractivity contribution in [3.63, 3.8) is 0 Å². The van der Waals surface area contributed by atoms with Crippen LogP contribution in [0.1, 0.15) is 167 Å². The molecule has 5 saturated carbocycles. The van der Waals surface area contributed by atoms with Gasteiger partial charge in [0, 0.05) is 6.42 Å². The summed E-state index contributed by atoms with van der Waals surface area (Å²) in [5, 5.41) is 8.44. The minimum atomic E-state index is -5.27. The first-order valence-electron chi connectivity index (χ1n) is 26.1. The Morgan fingerprint density at radius 3 is 1.39 bits per heavy atom. The van der Waals surface area contributed by atoms with Gasteiger partial charge in [-0.25, -0.2) is 8.42 Å². The monoisotopic (exact) mass is 1090 g/mol. The number of hydrogen-bond acceptors (Lipinski definition) is 10. The van der Waals surface area contributed by atoms with Crippen molar-refractivity contribution in [1.82, 2.24) is 0 Å². The Hall–Kier alpha value is -4.41. The number of carbonyl (C=O) groups excluding carboxylic acids is 3. The Labute approximate surface area is 449 Å². The molecule has 5 fully saturated rings. The molecule has 3 aromatic carbocycles. The molecule has 0 radical (unpaired) electrons. The number of hydrogen-bond donors (Lipinski definition) is 1. The number of benzene rings is 3. The number of aliphatic carboxylic acids is 1. The number of esters is 3. The van der Waals surface area contributed by atoms with Gasteiger partial charge >= 0.3 is 30.1 Å². The van der Waals surface area contributed by atoms with Crippen LogP contribution in [0.25, 0.3) is 0 Å². The Balaban J connectivity index is 0.000000289. The van der Waals surface area contributed by atoms with Crippen molar-refractivity contribution in [2.45, 2.75) is 205 Å². The van der Waals surface area contributed by atoms with Crippen LogP contribution in [0.4, 0.5) is 13.2 Å². The molecule has 0 aliphatic heterocycles. The first-order valence-corrected chi connectivity index (χ1v) is 28.9. The van der Waals surface area contributed by atoms with Crippen LogP contribution in [0.3, 0.4) is 0 Å². The second kappa shape index (κ2) is 26.3. The lowest BCUT2D eigenvalue weighted by molar-refractivity contribution is -0.239. The van der Waals surface area contributed by atoms with Crippen LogP contribution in [0.2, 0.25) is 0 Å². The molecule has 1 N–H and O–H groups in total. The highest BCUT2D eigenvalue weighted by Gasteiger charge is 2.64. The second-order valence-corrected chi connectivity index (χ2v) is 26.5. The number of carboxylic acid groups (broad SMARTS) is 1. The molecule has 3 aromatic rings. The zero-order valence-corrected chi connectivity index (χ0v) is 47.0. The number of halogens is 3. The Morgan fingerprint density at radius 2 is 1.07 bits per heavy atom. The molecule has 5 aliphatic carbocycles. The fraction of sp³-hybridized carbons (Fsp3) is 0.627. The van der Waals surface area contributed by atoms with Crippen molar-refractivity contribution >= 4 is 44.9 Å². The zero-order chi connectivity index (χ0) is 55.6. The number of alkyl halides is 3. The molecule has 0 spiro atoms. The highest BCUT2D eigenvalue weighted by Crippen LogP contribution is 2.63. The summed E-state index contributed by atoms with van der Waals surface area (Å²) in [6, 6.07) is 32.2. The molecule has 3 unspecified atom stereocenters. The quantitative estimate of drug-likeness (QED) is 0.0626. The van der Waals surface area contributed by atoms with Gasteiger partial charge in [-0.2, -0.15) is 13.2 Å². The first-order chi connectivity index (χ1) is 34.3. The Morgan fingerprint density at radius 1 is 0.680 bits per heavy atom. The molecule has 3 atom stereocenters. The molecule has 5 aliphatic rings. The molecular formula is C59H85F3O11S2. The Bertz CT molecular complexity index is 2310. The molecule has 75 heavy (non-hydrogen) atoms. The fourth-order valence-corrected chi connectivity index (χ4v) is 12.9. The minimum Gasteiger partial charge on any atom is -0.748 e. The average molecular weight is 1090 g/mol. The van der Waals surface area contributed by atoms with Crippen molar-refractivity contribution in [2.24, 2.45) is 39.4 Å². The fourth-order valence-electron chi connectivity index (χ4n) is 10.1. The van der Waals surface area contributed by atoms with Crippen LogP contribution in [-0.2, 0) is 54.4 Å². The molecule has 0 heterocycles. The minimum absolute atomic E-state index is 0. The maximum Gasteiger partial charge on any atom is 0.426 e. The van der Waals surface area contributed by atoms with Crippen molar-refractivity contribution in [3.05, 3.63) is 91.0 Å². The molecule has 8 rings (SSSR count). The summed E-state index contributed by atoms with van der Waals surface area (Å²) in [6.07, 6.45) is 0.835. The number of carboxylic acids is 1. The molecule has 0 aromatic heterocycles. The van der Waals surface area contributed by atoms with E-state index in [0.717, 1.165) is 25.7 Å². The van der Waals surface area contributed by atoms with Gasteiger partial charge in [0.05, 0.1) is 48.4 Å². The van der Waals surface area contributed by atoms with E-state index in [0.29, 0.717) is 44.4 Å². The van der Waals surface area contributed by atoms with Gasteiger partial charge in [0.1, 0.15) is 11.2 Å². The van der Waals surface area contributed by atoms with Crippen LogP contribution in [0, 0.1) is 39.4 Å². The van der Waals surface area contributed by atoms with E-state index >= 15 is 0 Å². The third-order valence-corrected chi connectivity index (χ3v) is 18.7. The van der Waals surface area contributed by atoms with Gasteiger partial charge < -0.3 is 23.9 Å². The molecule has 0 amide bonds. The maximum atomic E-state index is 13.3. The standard InChI is InChI=1S/C20H29F3O7S.C18H15S.C14H26O2.C6H12O2.CH4/c1-4-17(2,3)15(24)30-19-8-12-5-13(9-19)7-18(6-12,11-19)16(25)29-14(20(21,22)23)10-31(26,27)28;1-4-10-16(11-5-1)19(17-12-6-2-7-13-17)18-14-8-3-9-15-18;1-6-13(4,5)12(15)16-14(11(2)3)9-7-8-10-14;1-4-6(2,3)5(7)8;/h12-14H,4-11H2,1-3H3,(H,26,27,28);1-15H;11H,6-10H2,1-5H3;4H2,1-3H3,(H,7,8);1H4/q;+1;;;/p-1.